The van der Waals surface area contributed by atoms with Crippen LogP contribution < -0.4 is 10.1 Å². The summed E-state index contributed by atoms with van der Waals surface area (Å²) < 4.78 is 65.5. The SMILES string of the molecule is CCCNc1cc(OCC(F)(F)C(F)(F)F)ccn1. The average Bonchev–Trinajstić information content (AvgIpc) is 2.33. The molecule has 0 aromatic carbocycles. The molecule has 1 aromatic heterocycles. The van der Waals surface area contributed by atoms with Crippen molar-refractivity contribution >= 4 is 5.82 Å². The lowest BCUT2D eigenvalue weighted by molar-refractivity contribution is -0.290. The molecule has 0 atom stereocenters. The maximum Gasteiger partial charge on any atom is 0.456 e. The molecule has 1 rings (SSSR count). The monoisotopic (exact) mass is 284 g/mol. The van der Waals surface area contributed by atoms with Crippen LogP contribution in [0, 0.1) is 0 Å². The van der Waals surface area contributed by atoms with Gasteiger partial charge in [0.05, 0.1) is 0 Å². The second-order valence-electron chi connectivity index (χ2n) is 3.79. The number of alkyl halides is 5. The first-order valence-electron chi connectivity index (χ1n) is 5.53. The van der Waals surface area contributed by atoms with Gasteiger partial charge in [0.1, 0.15) is 11.6 Å². The van der Waals surface area contributed by atoms with E-state index in [2.05, 4.69) is 15.0 Å². The summed E-state index contributed by atoms with van der Waals surface area (Å²) in [6.45, 7) is 0.764. The molecule has 108 valence electrons. The van der Waals surface area contributed by atoms with E-state index in [4.69, 9.17) is 0 Å². The second kappa shape index (κ2) is 6.03. The Morgan fingerprint density at radius 2 is 1.95 bits per heavy atom. The Kier molecular flexibility index (Phi) is 4.90. The summed E-state index contributed by atoms with van der Waals surface area (Å²) in [6.07, 6.45) is -3.54. The van der Waals surface area contributed by atoms with Crippen LogP contribution in [-0.4, -0.2) is 30.2 Å². The van der Waals surface area contributed by atoms with Gasteiger partial charge in [-0.05, 0) is 12.5 Å². The Morgan fingerprint density at radius 3 is 2.53 bits per heavy atom. The van der Waals surface area contributed by atoms with Crippen molar-refractivity contribution in [2.24, 2.45) is 0 Å². The third-order valence-electron chi connectivity index (χ3n) is 2.12. The first-order valence-corrected chi connectivity index (χ1v) is 5.53. The van der Waals surface area contributed by atoms with Gasteiger partial charge in [-0.2, -0.15) is 22.0 Å². The first-order chi connectivity index (χ1) is 8.76. The molecule has 3 nitrogen and oxygen atoms in total. The molecule has 0 unspecified atom stereocenters. The van der Waals surface area contributed by atoms with Gasteiger partial charge in [0, 0.05) is 18.8 Å². The zero-order valence-electron chi connectivity index (χ0n) is 10.1. The van der Waals surface area contributed by atoms with Gasteiger partial charge in [-0.3, -0.25) is 0 Å². The molecule has 1 aromatic rings. The van der Waals surface area contributed by atoms with Crippen molar-refractivity contribution in [2.75, 3.05) is 18.5 Å². The van der Waals surface area contributed by atoms with E-state index in [1.165, 1.54) is 18.3 Å². The molecular formula is C11H13F5N2O. The quantitative estimate of drug-likeness (QED) is 0.812. The first kappa shape index (κ1) is 15.5. The summed E-state index contributed by atoms with van der Waals surface area (Å²) in [7, 11) is 0. The Labute approximate surface area is 106 Å². The number of nitrogens with one attached hydrogen (secondary N) is 1. The number of ether oxygens (including phenoxy) is 1. The summed E-state index contributed by atoms with van der Waals surface area (Å²) in [5, 5.41) is 2.86. The number of aromatic nitrogens is 1. The molecule has 0 fully saturated rings. The summed E-state index contributed by atoms with van der Waals surface area (Å²) in [5.41, 5.74) is 0. The maximum atomic E-state index is 12.6. The van der Waals surface area contributed by atoms with Crippen molar-refractivity contribution in [3.8, 4) is 5.75 Å². The van der Waals surface area contributed by atoms with Gasteiger partial charge in [-0.1, -0.05) is 6.92 Å². The maximum absolute atomic E-state index is 12.6. The van der Waals surface area contributed by atoms with Crippen LogP contribution in [0.3, 0.4) is 0 Å². The zero-order valence-corrected chi connectivity index (χ0v) is 10.1. The molecule has 0 aliphatic carbocycles. The molecule has 0 saturated carbocycles. The minimum absolute atomic E-state index is 0.0995. The molecule has 0 aliphatic heterocycles. The van der Waals surface area contributed by atoms with Crippen LogP contribution in [0.2, 0.25) is 0 Å². The van der Waals surface area contributed by atoms with Crippen molar-refractivity contribution in [1.29, 1.82) is 0 Å². The fraction of sp³-hybridized carbons (Fsp3) is 0.545. The van der Waals surface area contributed by atoms with Crippen LogP contribution in [0.5, 0.6) is 5.75 Å². The third-order valence-corrected chi connectivity index (χ3v) is 2.12. The Balaban J connectivity index is 2.63. The highest BCUT2D eigenvalue weighted by atomic mass is 19.4. The van der Waals surface area contributed by atoms with Crippen molar-refractivity contribution in [1.82, 2.24) is 4.98 Å². The smallest absolute Gasteiger partial charge is 0.456 e. The van der Waals surface area contributed by atoms with Crippen molar-refractivity contribution in [3.05, 3.63) is 18.3 Å². The topological polar surface area (TPSA) is 34.1 Å². The van der Waals surface area contributed by atoms with E-state index in [9.17, 15) is 22.0 Å². The van der Waals surface area contributed by atoms with Crippen LogP contribution in [0.4, 0.5) is 27.8 Å². The summed E-state index contributed by atoms with van der Waals surface area (Å²) in [4.78, 5) is 3.87. The van der Waals surface area contributed by atoms with E-state index in [0.29, 0.717) is 12.4 Å². The van der Waals surface area contributed by atoms with Crippen LogP contribution in [0.15, 0.2) is 18.3 Å². The van der Waals surface area contributed by atoms with Crippen LogP contribution in [0.1, 0.15) is 13.3 Å². The Morgan fingerprint density at radius 1 is 1.26 bits per heavy atom. The van der Waals surface area contributed by atoms with E-state index < -0.39 is 18.7 Å². The number of pyridine rings is 1. The molecule has 0 amide bonds. The number of rotatable bonds is 6. The summed E-state index contributed by atoms with van der Waals surface area (Å²) in [5.74, 6) is -4.62. The van der Waals surface area contributed by atoms with Crippen molar-refractivity contribution in [2.45, 2.75) is 25.4 Å². The fourth-order valence-corrected chi connectivity index (χ4v) is 1.11. The Bertz CT molecular complexity index is 408. The number of nitrogens with zero attached hydrogens (tertiary/aromatic N) is 1. The van der Waals surface area contributed by atoms with Gasteiger partial charge in [-0.15, -0.1) is 0 Å². The highest BCUT2D eigenvalue weighted by Gasteiger charge is 2.58. The molecular weight excluding hydrogens is 271 g/mol. The van der Waals surface area contributed by atoms with Gasteiger partial charge in [0.25, 0.3) is 0 Å². The van der Waals surface area contributed by atoms with Crippen LogP contribution in [0.25, 0.3) is 0 Å². The molecule has 0 radical (unpaired) electrons. The highest BCUT2D eigenvalue weighted by Crippen LogP contribution is 2.35. The van der Waals surface area contributed by atoms with Crippen molar-refractivity contribution in [3.63, 3.8) is 0 Å². The van der Waals surface area contributed by atoms with E-state index in [-0.39, 0.29) is 5.75 Å². The number of halogens is 5. The molecule has 1 heterocycles. The van der Waals surface area contributed by atoms with Gasteiger partial charge in [0.15, 0.2) is 6.61 Å². The Hall–Kier alpha value is -1.60. The molecule has 19 heavy (non-hydrogen) atoms. The van der Waals surface area contributed by atoms with Gasteiger partial charge < -0.3 is 10.1 Å². The zero-order chi connectivity index (χ0) is 14.5. The van der Waals surface area contributed by atoms with E-state index in [1.54, 1.807) is 0 Å². The molecule has 0 bridgehead atoms. The fourth-order valence-electron chi connectivity index (χ4n) is 1.11. The third kappa shape index (κ3) is 4.53. The lowest BCUT2D eigenvalue weighted by Crippen LogP contribution is -2.41. The standard InChI is InChI=1S/C11H13F5N2O/c1-2-4-17-9-6-8(3-5-18-9)19-7-10(12,13)11(14,15)16/h3,5-6H,2,4,7H2,1H3,(H,17,18). The van der Waals surface area contributed by atoms with Crippen LogP contribution >= 0.6 is 0 Å². The van der Waals surface area contributed by atoms with Gasteiger partial charge >= 0.3 is 12.1 Å². The highest BCUT2D eigenvalue weighted by molar-refractivity contribution is 5.40. The number of hydrogen-bond acceptors (Lipinski definition) is 3. The van der Waals surface area contributed by atoms with Gasteiger partial charge in [-0.25, -0.2) is 4.98 Å². The largest absolute Gasteiger partial charge is 0.487 e. The molecule has 1 N–H and O–H groups in total. The number of hydrogen-bond donors (Lipinski definition) is 1. The van der Waals surface area contributed by atoms with E-state index in [1.807, 2.05) is 6.92 Å². The lowest BCUT2D eigenvalue weighted by atomic mass is 10.3. The van der Waals surface area contributed by atoms with E-state index >= 15 is 0 Å². The molecule has 0 aliphatic rings. The van der Waals surface area contributed by atoms with Gasteiger partial charge in [0.2, 0.25) is 0 Å². The predicted molar refractivity (Wildman–Crippen MR) is 59.5 cm³/mol. The lowest BCUT2D eigenvalue weighted by Gasteiger charge is -2.19. The molecule has 8 heteroatoms. The van der Waals surface area contributed by atoms with E-state index in [0.717, 1.165) is 6.42 Å². The van der Waals surface area contributed by atoms with Crippen LogP contribution in [-0.2, 0) is 0 Å². The summed E-state index contributed by atoms with van der Waals surface area (Å²) >= 11 is 0. The van der Waals surface area contributed by atoms with Crippen molar-refractivity contribution < 1.29 is 26.7 Å². The molecule has 0 spiro atoms. The summed E-state index contributed by atoms with van der Waals surface area (Å²) in [6, 6.07) is 2.48. The average molecular weight is 284 g/mol. The normalized spacial score (nSPS) is 12.3. The minimum atomic E-state index is -5.62. The number of anilines is 1. The minimum Gasteiger partial charge on any atom is -0.487 e. The molecule has 0 saturated heterocycles. The predicted octanol–water partition coefficient (Wildman–Crippen LogP) is 3.48. The second-order valence-corrected chi connectivity index (χ2v) is 3.79.